The maximum atomic E-state index is 12.7. The molecule has 1 heterocycles. The summed E-state index contributed by atoms with van der Waals surface area (Å²) in [6, 6.07) is 18.9. The zero-order valence-electron chi connectivity index (χ0n) is 18.1. The van der Waals surface area contributed by atoms with Crippen LogP contribution in [0.4, 0.5) is 0 Å². The lowest BCUT2D eigenvalue weighted by Crippen LogP contribution is -2.36. The molecule has 0 saturated carbocycles. The number of carboxylic acids is 1. The Labute approximate surface area is 183 Å². The minimum absolute atomic E-state index is 0.192. The Bertz CT molecular complexity index is 1040. The van der Waals surface area contributed by atoms with E-state index in [1.807, 2.05) is 74.5 Å². The van der Waals surface area contributed by atoms with E-state index in [1.165, 1.54) is 0 Å². The summed E-state index contributed by atoms with van der Waals surface area (Å²) < 4.78 is 0. The van der Waals surface area contributed by atoms with Crippen LogP contribution in [0.15, 0.2) is 66.9 Å². The summed E-state index contributed by atoms with van der Waals surface area (Å²) >= 11 is 0. The molecule has 3 aromatic rings. The molecule has 0 radical (unpaired) electrons. The van der Waals surface area contributed by atoms with Crippen LogP contribution in [0.25, 0.3) is 0 Å². The average Bonchev–Trinajstić information content (AvgIpc) is 2.75. The highest BCUT2D eigenvalue weighted by atomic mass is 16.4. The molecule has 2 atom stereocenters. The second kappa shape index (κ2) is 10.0. The number of hydrogen-bond donors (Lipinski definition) is 2. The topological polar surface area (TPSA) is 79.3 Å². The van der Waals surface area contributed by atoms with Crippen molar-refractivity contribution in [2.45, 2.75) is 39.7 Å². The van der Waals surface area contributed by atoms with E-state index in [4.69, 9.17) is 0 Å². The fourth-order valence-electron chi connectivity index (χ4n) is 3.50. The molecule has 2 aromatic carbocycles. The molecular formula is C26H28N2O3. The summed E-state index contributed by atoms with van der Waals surface area (Å²) in [6.45, 7) is 5.63. The molecule has 0 saturated heterocycles. The van der Waals surface area contributed by atoms with E-state index < -0.39 is 17.9 Å². The van der Waals surface area contributed by atoms with Gasteiger partial charge in [-0.1, -0.05) is 60.2 Å². The van der Waals surface area contributed by atoms with Crippen molar-refractivity contribution in [3.8, 4) is 0 Å². The van der Waals surface area contributed by atoms with Crippen LogP contribution in [0.5, 0.6) is 0 Å². The van der Waals surface area contributed by atoms with Gasteiger partial charge in [0, 0.05) is 18.3 Å². The number of pyridine rings is 1. The summed E-state index contributed by atoms with van der Waals surface area (Å²) in [7, 11) is 0. The maximum absolute atomic E-state index is 12.7. The van der Waals surface area contributed by atoms with Gasteiger partial charge >= 0.3 is 5.97 Å². The van der Waals surface area contributed by atoms with Crippen molar-refractivity contribution < 1.29 is 14.7 Å². The summed E-state index contributed by atoms with van der Waals surface area (Å²) in [5.74, 6) is -1.89. The van der Waals surface area contributed by atoms with Gasteiger partial charge in [-0.15, -0.1) is 0 Å². The van der Waals surface area contributed by atoms with Crippen molar-refractivity contribution in [1.82, 2.24) is 10.3 Å². The van der Waals surface area contributed by atoms with Gasteiger partial charge in [-0.3, -0.25) is 14.6 Å². The fraction of sp³-hybridized carbons (Fsp3) is 0.269. The monoisotopic (exact) mass is 416 g/mol. The molecule has 1 aromatic heterocycles. The Kier molecular flexibility index (Phi) is 7.19. The smallest absolute Gasteiger partial charge is 0.308 e. The lowest BCUT2D eigenvalue weighted by Gasteiger charge is -2.23. The Morgan fingerprint density at radius 1 is 0.968 bits per heavy atom. The van der Waals surface area contributed by atoms with Gasteiger partial charge in [0.25, 0.3) is 0 Å². The standard InChI is InChI=1S/C26H28N2O3/c1-17-6-12-22(13-7-17)25(19(3)26(30)31)28-24(29)16-21-10-8-20(9-11-21)15-23-18(2)5-4-14-27-23/h4-14,19,25H,15-16H2,1-3H3,(H,28,29)(H,30,31)/t19-,25+/m1/s1. The van der Waals surface area contributed by atoms with E-state index in [0.29, 0.717) is 0 Å². The first-order valence-electron chi connectivity index (χ1n) is 10.4. The molecule has 1 amide bonds. The zero-order valence-corrected chi connectivity index (χ0v) is 18.1. The SMILES string of the molecule is Cc1ccc([C@@H](NC(=O)Cc2ccc(Cc3ncccc3C)cc2)[C@@H](C)C(=O)O)cc1. The summed E-state index contributed by atoms with van der Waals surface area (Å²) in [5, 5.41) is 12.4. The summed E-state index contributed by atoms with van der Waals surface area (Å²) in [4.78, 5) is 28.7. The second-order valence-electron chi connectivity index (χ2n) is 8.02. The zero-order chi connectivity index (χ0) is 22.4. The molecule has 3 rings (SSSR count). The quantitative estimate of drug-likeness (QED) is 0.570. The molecule has 0 spiro atoms. The van der Waals surface area contributed by atoms with Gasteiger partial charge < -0.3 is 10.4 Å². The highest BCUT2D eigenvalue weighted by Gasteiger charge is 2.26. The molecule has 0 aliphatic heterocycles. The second-order valence-corrected chi connectivity index (χ2v) is 8.02. The number of rotatable bonds is 8. The number of aromatic nitrogens is 1. The molecule has 0 fully saturated rings. The minimum atomic E-state index is -0.944. The third-order valence-electron chi connectivity index (χ3n) is 5.52. The summed E-state index contributed by atoms with van der Waals surface area (Å²) in [5.41, 5.74) is 6.07. The number of carbonyl (C=O) groups is 2. The van der Waals surface area contributed by atoms with Crippen LogP contribution in [0.1, 0.15) is 46.5 Å². The van der Waals surface area contributed by atoms with E-state index in [9.17, 15) is 14.7 Å². The van der Waals surface area contributed by atoms with Crippen molar-refractivity contribution in [1.29, 1.82) is 0 Å². The van der Waals surface area contributed by atoms with Crippen LogP contribution in [0.2, 0.25) is 0 Å². The molecule has 2 N–H and O–H groups in total. The van der Waals surface area contributed by atoms with E-state index in [-0.39, 0.29) is 12.3 Å². The number of carboxylic acid groups (broad SMARTS) is 1. The molecule has 5 heteroatoms. The highest BCUT2D eigenvalue weighted by molar-refractivity contribution is 5.80. The van der Waals surface area contributed by atoms with Gasteiger partial charge in [0.15, 0.2) is 0 Å². The Morgan fingerprint density at radius 2 is 1.61 bits per heavy atom. The molecular weight excluding hydrogens is 388 g/mol. The number of aliphatic carboxylic acids is 1. The van der Waals surface area contributed by atoms with Crippen LogP contribution >= 0.6 is 0 Å². The molecule has 0 bridgehead atoms. The van der Waals surface area contributed by atoms with Gasteiger partial charge in [0.1, 0.15) is 0 Å². The third kappa shape index (κ3) is 6.01. The number of nitrogens with zero attached hydrogens (tertiary/aromatic N) is 1. The molecule has 0 aliphatic rings. The Morgan fingerprint density at radius 3 is 2.23 bits per heavy atom. The first-order valence-corrected chi connectivity index (χ1v) is 10.4. The Hall–Kier alpha value is -3.47. The van der Waals surface area contributed by atoms with Crippen LogP contribution in [-0.2, 0) is 22.4 Å². The number of aryl methyl sites for hydroxylation is 2. The number of benzene rings is 2. The average molecular weight is 417 g/mol. The third-order valence-corrected chi connectivity index (χ3v) is 5.52. The van der Waals surface area contributed by atoms with Crippen molar-refractivity contribution in [2.24, 2.45) is 5.92 Å². The molecule has 160 valence electrons. The number of carbonyl (C=O) groups excluding carboxylic acids is 1. The number of hydrogen-bond acceptors (Lipinski definition) is 3. The van der Waals surface area contributed by atoms with E-state index >= 15 is 0 Å². The van der Waals surface area contributed by atoms with Crippen LogP contribution in [0, 0.1) is 19.8 Å². The fourth-order valence-corrected chi connectivity index (χ4v) is 3.50. The van der Waals surface area contributed by atoms with Crippen LogP contribution < -0.4 is 5.32 Å². The largest absolute Gasteiger partial charge is 0.481 e. The predicted molar refractivity (Wildman–Crippen MR) is 121 cm³/mol. The first kappa shape index (κ1) is 22.2. The van der Waals surface area contributed by atoms with Crippen LogP contribution in [0.3, 0.4) is 0 Å². The van der Waals surface area contributed by atoms with Gasteiger partial charge in [-0.2, -0.15) is 0 Å². The van der Waals surface area contributed by atoms with Crippen molar-refractivity contribution in [3.05, 3.63) is 100 Å². The molecule has 0 unspecified atom stereocenters. The first-order chi connectivity index (χ1) is 14.8. The highest BCUT2D eigenvalue weighted by Crippen LogP contribution is 2.23. The normalized spacial score (nSPS) is 12.7. The van der Waals surface area contributed by atoms with E-state index in [1.54, 1.807) is 13.1 Å². The number of nitrogens with one attached hydrogen (secondary N) is 1. The molecule has 31 heavy (non-hydrogen) atoms. The van der Waals surface area contributed by atoms with Gasteiger partial charge in [-0.25, -0.2) is 0 Å². The maximum Gasteiger partial charge on any atom is 0.308 e. The predicted octanol–water partition coefficient (Wildman–Crippen LogP) is 4.41. The lowest BCUT2D eigenvalue weighted by atomic mass is 9.93. The van der Waals surface area contributed by atoms with Crippen molar-refractivity contribution in [3.63, 3.8) is 0 Å². The van der Waals surface area contributed by atoms with E-state index in [2.05, 4.69) is 10.3 Å². The van der Waals surface area contributed by atoms with Gasteiger partial charge in [0.05, 0.1) is 18.4 Å². The minimum Gasteiger partial charge on any atom is -0.481 e. The van der Waals surface area contributed by atoms with Gasteiger partial charge in [-0.05, 0) is 49.1 Å². The van der Waals surface area contributed by atoms with Crippen molar-refractivity contribution in [2.75, 3.05) is 0 Å². The van der Waals surface area contributed by atoms with Crippen LogP contribution in [-0.4, -0.2) is 22.0 Å². The van der Waals surface area contributed by atoms with Gasteiger partial charge in [0.2, 0.25) is 5.91 Å². The van der Waals surface area contributed by atoms with E-state index in [0.717, 1.165) is 39.9 Å². The lowest BCUT2D eigenvalue weighted by molar-refractivity contribution is -0.142. The van der Waals surface area contributed by atoms with Crippen molar-refractivity contribution >= 4 is 11.9 Å². The summed E-state index contributed by atoms with van der Waals surface area (Å²) in [6.07, 6.45) is 2.73. The number of amides is 1. The Balaban J connectivity index is 1.67. The molecule has 5 nitrogen and oxygen atoms in total. The molecule has 0 aliphatic carbocycles.